The second kappa shape index (κ2) is 9.39. The Labute approximate surface area is 148 Å². The molecule has 0 bridgehead atoms. The fourth-order valence-electron chi connectivity index (χ4n) is 3.51. The number of rotatable bonds is 6. The lowest BCUT2D eigenvalue weighted by molar-refractivity contribution is -0.127. The zero-order valence-electron chi connectivity index (χ0n) is 14.2. The van der Waals surface area contributed by atoms with Crippen LogP contribution in [-0.4, -0.2) is 60.4 Å². The van der Waals surface area contributed by atoms with E-state index < -0.39 is 0 Å². The number of nitrogens with zero attached hydrogens (tertiary/aromatic N) is 2. The van der Waals surface area contributed by atoms with Crippen LogP contribution in [0, 0.1) is 5.92 Å². The number of thioether (sulfide) groups is 1. The van der Waals surface area contributed by atoms with Crippen LogP contribution in [0.25, 0.3) is 0 Å². The van der Waals surface area contributed by atoms with E-state index in [0.717, 1.165) is 62.8 Å². The van der Waals surface area contributed by atoms with E-state index in [0.29, 0.717) is 12.6 Å². The van der Waals surface area contributed by atoms with Crippen LogP contribution in [0.5, 0.6) is 0 Å². The van der Waals surface area contributed by atoms with Crippen molar-refractivity contribution < 1.29 is 9.53 Å². The van der Waals surface area contributed by atoms with Crippen molar-refractivity contribution >= 4 is 17.7 Å². The summed E-state index contributed by atoms with van der Waals surface area (Å²) < 4.78 is 5.45. The van der Waals surface area contributed by atoms with Crippen LogP contribution in [0.1, 0.15) is 25.7 Å². The third kappa shape index (κ3) is 5.19. The van der Waals surface area contributed by atoms with Gasteiger partial charge in [-0.15, -0.1) is 11.8 Å². The van der Waals surface area contributed by atoms with Gasteiger partial charge < -0.3 is 10.1 Å². The summed E-state index contributed by atoms with van der Waals surface area (Å²) in [6.45, 7) is 4.47. The van der Waals surface area contributed by atoms with Gasteiger partial charge in [0.05, 0.1) is 10.9 Å². The van der Waals surface area contributed by atoms with Crippen LogP contribution in [0.2, 0.25) is 0 Å². The van der Waals surface area contributed by atoms with Gasteiger partial charge in [-0.25, -0.2) is 4.98 Å². The molecule has 0 aliphatic carbocycles. The highest BCUT2D eigenvalue weighted by Gasteiger charge is 2.30. The van der Waals surface area contributed by atoms with Crippen LogP contribution in [0.3, 0.4) is 0 Å². The number of carbonyl (C=O) groups is 1. The van der Waals surface area contributed by atoms with Crippen molar-refractivity contribution in [2.75, 3.05) is 38.6 Å². The van der Waals surface area contributed by atoms with Gasteiger partial charge in [-0.1, -0.05) is 6.07 Å². The van der Waals surface area contributed by atoms with Gasteiger partial charge in [0.25, 0.3) is 0 Å². The summed E-state index contributed by atoms with van der Waals surface area (Å²) in [6, 6.07) is 6.51. The van der Waals surface area contributed by atoms with Crippen molar-refractivity contribution in [1.29, 1.82) is 0 Å². The molecule has 24 heavy (non-hydrogen) atoms. The molecule has 132 valence electrons. The minimum absolute atomic E-state index is 0.140. The quantitative estimate of drug-likeness (QED) is 0.630. The molecule has 3 rings (SSSR count). The van der Waals surface area contributed by atoms with E-state index in [4.69, 9.17) is 4.74 Å². The lowest BCUT2D eigenvalue weighted by Crippen LogP contribution is -2.48. The smallest absolute Gasteiger partial charge is 0.224 e. The summed E-state index contributed by atoms with van der Waals surface area (Å²) in [5, 5.41) is 4.12. The molecule has 0 spiro atoms. The minimum atomic E-state index is 0.140. The number of hydrogen-bond acceptors (Lipinski definition) is 5. The number of ether oxygens (including phenoxy) is 1. The molecule has 1 aromatic heterocycles. The van der Waals surface area contributed by atoms with Gasteiger partial charge in [0.1, 0.15) is 0 Å². The maximum absolute atomic E-state index is 12.5. The SMILES string of the molecule is O=C(NCCSc1ccccn1)[C@H]1CCCN(C2CCOCC2)C1. The number of likely N-dealkylation sites (tertiary alicyclic amines) is 1. The number of carbonyl (C=O) groups excluding carboxylic acids is 1. The number of amides is 1. The van der Waals surface area contributed by atoms with Gasteiger partial charge >= 0.3 is 0 Å². The molecular weight excluding hydrogens is 322 g/mol. The van der Waals surface area contributed by atoms with Gasteiger partial charge in [0, 0.05) is 44.3 Å². The third-order valence-corrected chi connectivity index (χ3v) is 5.77. The number of hydrogen-bond donors (Lipinski definition) is 1. The number of pyridine rings is 1. The molecule has 2 saturated heterocycles. The van der Waals surface area contributed by atoms with Crippen LogP contribution in [0.15, 0.2) is 29.4 Å². The molecule has 1 atom stereocenters. The second-order valence-corrected chi connectivity index (χ2v) is 7.60. The summed E-state index contributed by atoms with van der Waals surface area (Å²) in [7, 11) is 0. The van der Waals surface area contributed by atoms with Gasteiger partial charge in [0.2, 0.25) is 5.91 Å². The Morgan fingerprint density at radius 3 is 3.00 bits per heavy atom. The van der Waals surface area contributed by atoms with E-state index in [1.54, 1.807) is 18.0 Å². The van der Waals surface area contributed by atoms with Crippen LogP contribution in [0.4, 0.5) is 0 Å². The van der Waals surface area contributed by atoms with Crippen molar-refractivity contribution in [2.45, 2.75) is 36.8 Å². The monoisotopic (exact) mass is 349 g/mol. The Balaban J connectivity index is 1.38. The first kappa shape index (κ1) is 17.7. The Bertz CT molecular complexity index is 508. The summed E-state index contributed by atoms with van der Waals surface area (Å²) in [5.41, 5.74) is 0. The first-order chi connectivity index (χ1) is 11.8. The van der Waals surface area contributed by atoms with E-state index in [1.165, 1.54) is 0 Å². The Hall–Kier alpha value is -1.11. The van der Waals surface area contributed by atoms with Gasteiger partial charge in [-0.3, -0.25) is 9.69 Å². The van der Waals surface area contributed by atoms with Gasteiger partial charge in [-0.2, -0.15) is 0 Å². The molecule has 0 radical (unpaired) electrons. The van der Waals surface area contributed by atoms with Crippen LogP contribution >= 0.6 is 11.8 Å². The highest BCUT2D eigenvalue weighted by molar-refractivity contribution is 7.99. The molecule has 1 aromatic rings. The first-order valence-corrected chi connectivity index (χ1v) is 9.95. The molecule has 2 aliphatic heterocycles. The average molecular weight is 350 g/mol. The van der Waals surface area contributed by atoms with Crippen molar-refractivity contribution in [3.05, 3.63) is 24.4 Å². The largest absolute Gasteiger partial charge is 0.381 e. The zero-order chi connectivity index (χ0) is 16.6. The molecule has 3 heterocycles. The molecule has 0 unspecified atom stereocenters. The molecule has 1 N–H and O–H groups in total. The van der Waals surface area contributed by atoms with E-state index >= 15 is 0 Å². The summed E-state index contributed by atoms with van der Waals surface area (Å²) in [5.74, 6) is 1.22. The number of aromatic nitrogens is 1. The fourth-order valence-corrected chi connectivity index (χ4v) is 4.23. The maximum atomic E-state index is 12.5. The average Bonchev–Trinajstić information content (AvgIpc) is 2.67. The summed E-state index contributed by atoms with van der Waals surface area (Å²) in [4.78, 5) is 19.2. The topological polar surface area (TPSA) is 54.5 Å². The Morgan fingerprint density at radius 2 is 2.21 bits per heavy atom. The molecule has 6 heteroatoms. The van der Waals surface area contributed by atoms with E-state index in [1.807, 2.05) is 18.2 Å². The highest BCUT2D eigenvalue weighted by atomic mass is 32.2. The summed E-state index contributed by atoms with van der Waals surface area (Å²) in [6.07, 6.45) is 6.15. The standard InChI is InChI=1S/C18H27N3O2S/c22-18(20-9-13-24-17-5-1-2-8-19-17)15-4-3-10-21(14-15)16-6-11-23-12-7-16/h1-2,5,8,15-16H,3-4,6-7,9-14H2,(H,20,22)/t15-/m0/s1. The number of piperidine rings is 1. The van der Waals surface area contributed by atoms with Crippen LogP contribution < -0.4 is 5.32 Å². The molecule has 2 aliphatic rings. The molecular formula is C18H27N3O2S. The Kier molecular flexibility index (Phi) is 6.93. The van der Waals surface area contributed by atoms with Gasteiger partial charge in [-0.05, 0) is 44.4 Å². The van der Waals surface area contributed by atoms with Crippen molar-refractivity contribution in [1.82, 2.24) is 15.2 Å². The van der Waals surface area contributed by atoms with Crippen molar-refractivity contribution in [3.63, 3.8) is 0 Å². The molecule has 0 saturated carbocycles. The Morgan fingerprint density at radius 1 is 1.33 bits per heavy atom. The molecule has 1 amide bonds. The van der Waals surface area contributed by atoms with E-state index in [-0.39, 0.29) is 11.8 Å². The van der Waals surface area contributed by atoms with E-state index in [2.05, 4.69) is 15.2 Å². The minimum Gasteiger partial charge on any atom is -0.381 e. The lowest BCUT2D eigenvalue weighted by atomic mass is 9.94. The van der Waals surface area contributed by atoms with E-state index in [9.17, 15) is 4.79 Å². The summed E-state index contributed by atoms with van der Waals surface area (Å²) >= 11 is 1.68. The highest BCUT2D eigenvalue weighted by Crippen LogP contribution is 2.23. The normalized spacial score (nSPS) is 23.1. The van der Waals surface area contributed by atoms with Crippen molar-refractivity contribution in [3.8, 4) is 0 Å². The van der Waals surface area contributed by atoms with Gasteiger partial charge in [0.15, 0.2) is 0 Å². The lowest BCUT2D eigenvalue weighted by Gasteiger charge is -2.39. The zero-order valence-corrected chi connectivity index (χ0v) is 15.0. The predicted molar refractivity (Wildman–Crippen MR) is 96.1 cm³/mol. The van der Waals surface area contributed by atoms with Crippen molar-refractivity contribution in [2.24, 2.45) is 5.92 Å². The first-order valence-electron chi connectivity index (χ1n) is 8.96. The number of nitrogens with one attached hydrogen (secondary N) is 1. The molecule has 2 fully saturated rings. The second-order valence-electron chi connectivity index (χ2n) is 6.49. The fraction of sp³-hybridized carbons (Fsp3) is 0.667. The maximum Gasteiger partial charge on any atom is 0.224 e. The molecule has 5 nitrogen and oxygen atoms in total. The predicted octanol–water partition coefficient (Wildman–Crippen LogP) is 2.18. The van der Waals surface area contributed by atoms with Crippen LogP contribution in [-0.2, 0) is 9.53 Å². The third-order valence-electron chi connectivity index (χ3n) is 4.82. The molecule has 0 aromatic carbocycles.